The molecular weight excluding hydrogens is 303 g/mol. The van der Waals surface area contributed by atoms with Crippen molar-refractivity contribution in [1.82, 2.24) is 20.2 Å². The van der Waals surface area contributed by atoms with Crippen LogP contribution in [0.3, 0.4) is 0 Å². The van der Waals surface area contributed by atoms with Gasteiger partial charge in [0, 0.05) is 54.6 Å². The Morgan fingerprint density at radius 2 is 2.27 bits per heavy atom. The third-order valence-corrected chi connectivity index (χ3v) is 4.44. The van der Waals surface area contributed by atoms with E-state index in [-0.39, 0.29) is 11.9 Å². The van der Waals surface area contributed by atoms with Gasteiger partial charge in [-0.2, -0.15) is 11.3 Å². The summed E-state index contributed by atoms with van der Waals surface area (Å²) in [4.78, 5) is 22.0. The zero-order chi connectivity index (χ0) is 15.4. The Hall–Kier alpha value is -1.86. The van der Waals surface area contributed by atoms with E-state index in [1.807, 2.05) is 10.3 Å². The predicted molar refractivity (Wildman–Crippen MR) is 82.4 cm³/mol. The van der Waals surface area contributed by atoms with Gasteiger partial charge in [-0.05, 0) is 17.9 Å². The molecule has 1 aliphatic heterocycles. The lowest BCUT2D eigenvalue weighted by atomic mass is 10.2. The number of nitrogens with zero attached hydrogens (tertiary/aromatic N) is 3. The van der Waals surface area contributed by atoms with Crippen LogP contribution >= 0.6 is 11.3 Å². The van der Waals surface area contributed by atoms with Crippen molar-refractivity contribution in [2.45, 2.75) is 25.2 Å². The Labute approximate surface area is 132 Å². The Morgan fingerprint density at radius 3 is 3.00 bits per heavy atom. The van der Waals surface area contributed by atoms with Crippen LogP contribution in [0, 0.1) is 0 Å². The lowest BCUT2D eigenvalue weighted by Gasteiger charge is -2.24. The third kappa shape index (κ3) is 3.66. The first-order valence-electron chi connectivity index (χ1n) is 7.15. The fourth-order valence-electron chi connectivity index (χ4n) is 2.68. The largest absolute Gasteiger partial charge is 0.350 e. The number of likely N-dealkylation sites (tertiary alicyclic amines) is 1. The van der Waals surface area contributed by atoms with Gasteiger partial charge in [-0.3, -0.25) is 9.69 Å². The van der Waals surface area contributed by atoms with Crippen LogP contribution in [-0.4, -0.2) is 46.1 Å². The third-order valence-electron chi connectivity index (χ3n) is 3.76. The maximum Gasteiger partial charge on any atom is 0.252 e. The number of carbonyl (C=O) groups is 1. The Bertz CT molecular complexity index is 607. The van der Waals surface area contributed by atoms with Gasteiger partial charge in [0.25, 0.3) is 5.91 Å². The van der Waals surface area contributed by atoms with Gasteiger partial charge in [0.1, 0.15) is 12.5 Å². The summed E-state index contributed by atoms with van der Waals surface area (Å²) in [7, 11) is 0. The normalized spacial score (nSPS) is 21.9. The first kappa shape index (κ1) is 15.1. The lowest BCUT2D eigenvalue weighted by molar-refractivity contribution is 0.0940. The molecule has 0 aliphatic carbocycles. The standard InChI is InChI=1S/C15H17FN4OS/c16-13-3-14(6-19-15(21)12-1-2-22-9-12)20(8-13)7-11-4-17-10-18-5-11/h1-2,4-5,9-10,13-14H,3,6-8H2,(H,19,21)/t13-,14-/m0/s1. The number of alkyl halides is 1. The Balaban J connectivity index is 1.58. The molecule has 1 aliphatic rings. The second-order valence-corrected chi connectivity index (χ2v) is 6.17. The zero-order valence-electron chi connectivity index (χ0n) is 12.0. The van der Waals surface area contributed by atoms with Gasteiger partial charge in [-0.25, -0.2) is 14.4 Å². The maximum absolute atomic E-state index is 13.7. The van der Waals surface area contributed by atoms with Crippen LogP contribution in [0.5, 0.6) is 0 Å². The summed E-state index contributed by atoms with van der Waals surface area (Å²) in [6.07, 6.45) is 4.54. The first-order chi connectivity index (χ1) is 10.7. The number of nitrogens with one attached hydrogen (secondary N) is 1. The molecule has 1 N–H and O–H groups in total. The van der Waals surface area contributed by atoms with Gasteiger partial charge in [0.15, 0.2) is 0 Å². The fraction of sp³-hybridized carbons (Fsp3) is 0.400. The topological polar surface area (TPSA) is 58.1 Å². The van der Waals surface area contributed by atoms with E-state index >= 15 is 0 Å². The number of hydrogen-bond acceptors (Lipinski definition) is 5. The van der Waals surface area contributed by atoms with Crippen molar-refractivity contribution in [3.05, 3.63) is 46.7 Å². The summed E-state index contributed by atoms with van der Waals surface area (Å²) in [5.74, 6) is -0.105. The van der Waals surface area contributed by atoms with E-state index in [4.69, 9.17) is 0 Å². The summed E-state index contributed by atoms with van der Waals surface area (Å²) in [6.45, 7) is 1.43. The summed E-state index contributed by atoms with van der Waals surface area (Å²) in [5.41, 5.74) is 1.61. The molecule has 0 saturated carbocycles. The van der Waals surface area contributed by atoms with Gasteiger partial charge in [-0.15, -0.1) is 0 Å². The molecule has 0 radical (unpaired) electrons. The molecule has 1 saturated heterocycles. The zero-order valence-corrected chi connectivity index (χ0v) is 12.8. The van der Waals surface area contributed by atoms with Gasteiger partial charge in [0.05, 0.1) is 0 Å². The minimum atomic E-state index is -0.854. The molecule has 0 unspecified atom stereocenters. The summed E-state index contributed by atoms with van der Waals surface area (Å²) in [6, 6.07) is 1.78. The van der Waals surface area contributed by atoms with Crippen molar-refractivity contribution in [3.8, 4) is 0 Å². The van der Waals surface area contributed by atoms with E-state index in [0.29, 0.717) is 31.6 Å². The van der Waals surface area contributed by atoms with Crippen molar-refractivity contribution in [2.75, 3.05) is 13.1 Å². The SMILES string of the molecule is O=C(NC[C@@H]1C[C@H](F)CN1Cc1cncnc1)c1ccsc1. The van der Waals surface area contributed by atoms with Crippen molar-refractivity contribution >= 4 is 17.2 Å². The number of aromatic nitrogens is 2. The van der Waals surface area contributed by atoms with Crippen LogP contribution in [0.1, 0.15) is 22.3 Å². The van der Waals surface area contributed by atoms with Crippen LogP contribution in [0.2, 0.25) is 0 Å². The molecule has 0 bridgehead atoms. The number of thiophene rings is 1. The predicted octanol–water partition coefficient (Wildman–Crippen LogP) is 1.88. The molecule has 2 aromatic rings. The van der Waals surface area contributed by atoms with E-state index in [9.17, 15) is 9.18 Å². The average Bonchev–Trinajstić information content (AvgIpc) is 3.16. The monoisotopic (exact) mass is 320 g/mol. The molecule has 22 heavy (non-hydrogen) atoms. The molecule has 2 atom stereocenters. The highest BCUT2D eigenvalue weighted by atomic mass is 32.1. The van der Waals surface area contributed by atoms with Crippen LogP contribution in [0.25, 0.3) is 0 Å². The van der Waals surface area contributed by atoms with E-state index in [1.165, 1.54) is 17.7 Å². The van der Waals surface area contributed by atoms with E-state index in [1.54, 1.807) is 23.8 Å². The molecule has 0 aromatic carbocycles. The highest BCUT2D eigenvalue weighted by molar-refractivity contribution is 7.08. The number of hydrogen-bond donors (Lipinski definition) is 1. The molecule has 116 valence electrons. The highest BCUT2D eigenvalue weighted by Gasteiger charge is 2.32. The Morgan fingerprint density at radius 1 is 1.45 bits per heavy atom. The summed E-state index contributed by atoms with van der Waals surface area (Å²) < 4.78 is 13.7. The van der Waals surface area contributed by atoms with Crippen molar-refractivity contribution in [1.29, 1.82) is 0 Å². The minimum Gasteiger partial charge on any atom is -0.350 e. The molecule has 3 heterocycles. The number of amides is 1. The second-order valence-electron chi connectivity index (χ2n) is 5.39. The molecule has 1 amide bonds. The second kappa shape index (κ2) is 6.93. The minimum absolute atomic E-state index is 0.00204. The number of carbonyl (C=O) groups excluding carboxylic acids is 1. The first-order valence-corrected chi connectivity index (χ1v) is 8.09. The molecule has 0 spiro atoms. The van der Waals surface area contributed by atoms with E-state index in [2.05, 4.69) is 15.3 Å². The number of rotatable bonds is 5. The van der Waals surface area contributed by atoms with Crippen LogP contribution < -0.4 is 5.32 Å². The maximum atomic E-state index is 13.7. The van der Waals surface area contributed by atoms with Gasteiger partial charge < -0.3 is 5.32 Å². The van der Waals surface area contributed by atoms with E-state index in [0.717, 1.165) is 5.56 Å². The molecular formula is C15H17FN4OS. The Kier molecular flexibility index (Phi) is 4.74. The van der Waals surface area contributed by atoms with Crippen molar-refractivity contribution < 1.29 is 9.18 Å². The van der Waals surface area contributed by atoms with E-state index < -0.39 is 6.17 Å². The van der Waals surface area contributed by atoms with Gasteiger partial charge in [-0.1, -0.05) is 0 Å². The highest BCUT2D eigenvalue weighted by Crippen LogP contribution is 2.22. The van der Waals surface area contributed by atoms with Crippen LogP contribution in [0.4, 0.5) is 4.39 Å². The van der Waals surface area contributed by atoms with Crippen LogP contribution in [0.15, 0.2) is 35.5 Å². The van der Waals surface area contributed by atoms with Crippen LogP contribution in [-0.2, 0) is 6.54 Å². The average molecular weight is 320 g/mol. The lowest BCUT2D eigenvalue weighted by Crippen LogP contribution is -2.39. The molecule has 1 fully saturated rings. The molecule has 7 heteroatoms. The molecule has 5 nitrogen and oxygen atoms in total. The summed E-state index contributed by atoms with van der Waals surface area (Å²) in [5, 5.41) is 6.56. The van der Waals surface area contributed by atoms with Crippen molar-refractivity contribution in [3.63, 3.8) is 0 Å². The molecule has 2 aromatic heterocycles. The van der Waals surface area contributed by atoms with Gasteiger partial charge >= 0.3 is 0 Å². The summed E-state index contributed by atoms with van der Waals surface area (Å²) >= 11 is 1.48. The molecule has 3 rings (SSSR count). The smallest absolute Gasteiger partial charge is 0.252 e. The fourth-order valence-corrected chi connectivity index (χ4v) is 3.32. The van der Waals surface area contributed by atoms with Crippen molar-refractivity contribution in [2.24, 2.45) is 0 Å². The number of halogens is 1. The quantitative estimate of drug-likeness (QED) is 0.914. The van der Waals surface area contributed by atoms with Gasteiger partial charge in [0.2, 0.25) is 0 Å².